The molecular weight excluding hydrogens is 316 g/mol. The third-order valence-electron chi connectivity index (χ3n) is 4.64. The van der Waals surface area contributed by atoms with Gasteiger partial charge in [-0.3, -0.25) is 4.79 Å². The lowest BCUT2D eigenvalue weighted by Gasteiger charge is -2.23. The Morgan fingerprint density at radius 1 is 1.52 bits per heavy atom. The number of hydrogen-bond acceptors (Lipinski definition) is 4. The number of nitrogens with zero attached hydrogens (tertiary/aromatic N) is 2. The summed E-state index contributed by atoms with van der Waals surface area (Å²) in [4.78, 5) is 21.8. The van der Waals surface area contributed by atoms with E-state index in [4.69, 9.17) is 5.41 Å². The SMILES string of the molecule is C/C=C(\C=C(/C=N)C(=O)N1CCCC1CO)c1ccnc2[nH]ccc12. The number of rotatable bonds is 5. The number of nitrogens with one attached hydrogen (secondary N) is 2. The highest BCUT2D eigenvalue weighted by Gasteiger charge is 2.29. The van der Waals surface area contributed by atoms with E-state index in [1.165, 1.54) is 0 Å². The molecule has 1 amide bonds. The molecule has 1 saturated heterocycles. The number of aliphatic hydroxyl groups is 1. The monoisotopic (exact) mass is 338 g/mol. The summed E-state index contributed by atoms with van der Waals surface area (Å²) in [5, 5.41) is 18.1. The van der Waals surface area contributed by atoms with Crippen LogP contribution < -0.4 is 0 Å². The smallest absolute Gasteiger partial charge is 0.255 e. The Morgan fingerprint density at radius 3 is 3.08 bits per heavy atom. The molecule has 1 fully saturated rings. The van der Waals surface area contributed by atoms with E-state index >= 15 is 0 Å². The fourth-order valence-corrected chi connectivity index (χ4v) is 3.32. The fraction of sp³-hybridized carbons (Fsp3) is 0.316. The van der Waals surface area contributed by atoms with Gasteiger partial charge >= 0.3 is 0 Å². The van der Waals surface area contributed by atoms with Gasteiger partial charge in [0.2, 0.25) is 0 Å². The minimum Gasteiger partial charge on any atom is -0.394 e. The third kappa shape index (κ3) is 3.25. The van der Waals surface area contributed by atoms with Crippen molar-refractivity contribution in [2.45, 2.75) is 25.8 Å². The molecule has 0 bridgehead atoms. The van der Waals surface area contributed by atoms with Crippen molar-refractivity contribution in [1.82, 2.24) is 14.9 Å². The van der Waals surface area contributed by atoms with Crippen LogP contribution in [0.5, 0.6) is 0 Å². The maximum absolute atomic E-state index is 12.8. The zero-order valence-corrected chi connectivity index (χ0v) is 14.2. The van der Waals surface area contributed by atoms with E-state index < -0.39 is 0 Å². The molecule has 3 rings (SSSR count). The van der Waals surface area contributed by atoms with Gasteiger partial charge in [0.25, 0.3) is 5.91 Å². The van der Waals surface area contributed by atoms with Gasteiger partial charge in [0.05, 0.1) is 18.2 Å². The third-order valence-corrected chi connectivity index (χ3v) is 4.64. The Kier molecular flexibility index (Phi) is 5.09. The Bertz CT molecular complexity index is 850. The number of allylic oxidation sites excluding steroid dienone is 3. The first-order valence-corrected chi connectivity index (χ1v) is 8.42. The number of aromatic amines is 1. The van der Waals surface area contributed by atoms with Crippen LogP contribution in [0.3, 0.4) is 0 Å². The molecule has 1 atom stereocenters. The molecule has 0 saturated carbocycles. The molecule has 1 aliphatic heterocycles. The van der Waals surface area contributed by atoms with Gasteiger partial charge in [-0.15, -0.1) is 0 Å². The van der Waals surface area contributed by atoms with Gasteiger partial charge in [-0.25, -0.2) is 4.98 Å². The summed E-state index contributed by atoms with van der Waals surface area (Å²) in [7, 11) is 0. The molecule has 1 unspecified atom stereocenters. The van der Waals surface area contributed by atoms with Crippen molar-refractivity contribution in [2.75, 3.05) is 13.2 Å². The van der Waals surface area contributed by atoms with Crippen molar-refractivity contribution in [3.8, 4) is 0 Å². The van der Waals surface area contributed by atoms with E-state index in [1.807, 2.05) is 31.3 Å². The van der Waals surface area contributed by atoms with Crippen LogP contribution in [0.2, 0.25) is 0 Å². The van der Waals surface area contributed by atoms with Gasteiger partial charge in [0.1, 0.15) is 5.65 Å². The quantitative estimate of drug-likeness (QED) is 0.444. The number of carbonyl (C=O) groups excluding carboxylic acids is 1. The van der Waals surface area contributed by atoms with E-state index in [1.54, 1.807) is 17.2 Å². The van der Waals surface area contributed by atoms with Gasteiger partial charge in [-0.2, -0.15) is 0 Å². The molecule has 1 aliphatic rings. The second-order valence-corrected chi connectivity index (χ2v) is 6.06. The Labute approximate surface area is 146 Å². The van der Waals surface area contributed by atoms with Crippen LogP contribution in [0.1, 0.15) is 25.3 Å². The molecule has 3 heterocycles. The molecule has 0 spiro atoms. The van der Waals surface area contributed by atoms with Crippen LogP contribution >= 0.6 is 0 Å². The van der Waals surface area contributed by atoms with Crippen LogP contribution in [-0.2, 0) is 4.79 Å². The molecular formula is C19H22N4O2. The van der Waals surface area contributed by atoms with Gasteiger partial charge in [0.15, 0.2) is 0 Å². The predicted octanol–water partition coefficient (Wildman–Crippen LogP) is 2.53. The van der Waals surface area contributed by atoms with Crippen molar-refractivity contribution in [1.29, 1.82) is 5.41 Å². The second kappa shape index (κ2) is 7.44. The minimum absolute atomic E-state index is 0.0399. The maximum atomic E-state index is 12.8. The summed E-state index contributed by atoms with van der Waals surface area (Å²) in [6, 6.07) is 3.70. The molecule has 2 aromatic rings. The largest absolute Gasteiger partial charge is 0.394 e. The second-order valence-electron chi connectivity index (χ2n) is 6.06. The van der Waals surface area contributed by atoms with Gasteiger partial charge < -0.3 is 20.4 Å². The van der Waals surface area contributed by atoms with Crippen molar-refractivity contribution >= 4 is 28.7 Å². The molecule has 6 nitrogen and oxygen atoms in total. The highest BCUT2D eigenvalue weighted by molar-refractivity contribution is 6.13. The summed E-state index contributed by atoms with van der Waals surface area (Å²) in [5.41, 5.74) is 2.92. The highest BCUT2D eigenvalue weighted by atomic mass is 16.3. The average Bonchev–Trinajstić information content (AvgIpc) is 3.31. The number of likely N-dealkylation sites (tertiary alicyclic amines) is 1. The molecule has 0 aromatic carbocycles. The van der Waals surface area contributed by atoms with E-state index in [9.17, 15) is 9.90 Å². The highest BCUT2D eigenvalue weighted by Crippen LogP contribution is 2.26. The van der Waals surface area contributed by atoms with Gasteiger partial charge in [0, 0.05) is 30.5 Å². The molecule has 25 heavy (non-hydrogen) atoms. The summed E-state index contributed by atoms with van der Waals surface area (Å²) >= 11 is 0. The van der Waals surface area contributed by atoms with Crippen molar-refractivity contribution < 1.29 is 9.90 Å². The first-order valence-electron chi connectivity index (χ1n) is 8.42. The molecule has 6 heteroatoms. The van der Waals surface area contributed by atoms with Crippen LogP contribution in [0, 0.1) is 5.41 Å². The summed E-state index contributed by atoms with van der Waals surface area (Å²) in [6.45, 7) is 2.49. The number of amides is 1. The molecule has 0 aliphatic carbocycles. The summed E-state index contributed by atoms with van der Waals surface area (Å²) in [5.74, 6) is -0.203. The first-order chi connectivity index (χ1) is 12.2. The normalized spacial score (nSPS) is 18.8. The van der Waals surface area contributed by atoms with E-state index in [0.29, 0.717) is 12.1 Å². The topological polar surface area (TPSA) is 93.1 Å². The van der Waals surface area contributed by atoms with Gasteiger partial charge in [-0.1, -0.05) is 6.08 Å². The molecule has 2 aromatic heterocycles. The molecule has 0 radical (unpaired) electrons. The Morgan fingerprint density at radius 2 is 2.36 bits per heavy atom. The lowest BCUT2D eigenvalue weighted by molar-refractivity contribution is -0.128. The van der Waals surface area contributed by atoms with Gasteiger partial charge in [-0.05, 0) is 49.1 Å². The van der Waals surface area contributed by atoms with Crippen molar-refractivity contribution in [2.24, 2.45) is 0 Å². The van der Waals surface area contributed by atoms with E-state index in [2.05, 4.69) is 9.97 Å². The Hall–Kier alpha value is -2.73. The number of fused-ring (bicyclic) bond motifs is 1. The minimum atomic E-state index is -0.203. The zero-order valence-electron chi connectivity index (χ0n) is 14.2. The lowest BCUT2D eigenvalue weighted by atomic mass is 10.0. The zero-order chi connectivity index (χ0) is 17.8. The summed E-state index contributed by atoms with van der Waals surface area (Å²) < 4.78 is 0. The molecule has 3 N–H and O–H groups in total. The standard InChI is InChI=1S/C19H22N4O2/c1-2-13(16-5-7-21-18-17(16)6-8-22-18)10-14(11-20)19(25)23-9-3-4-15(23)12-24/h2,5-8,10-11,15,20,24H,3-4,9,12H2,1H3,(H,21,22)/b13-2+,14-10+,20-11?. The van der Waals surface area contributed by atoms with Crippen LogP contribution in [-0.4, -0.2) is 51.3 Å². The number of H-pyrrole nitrogens is 1. The fourth-order valence-electron chi connectivity index (χ4n) is 3.32. The number of aromatic nitrogens is 2. The van der Waals surface area contributed by atoms with Crippen LogP contribution in [0.4, 0.5) is 0 Å². The number of pyridine rings is 1. The van der Waals surface area contributed by atoms with Crippen molar-refractivity contribution in [3.63, 3.8) is 0 Å². The van der Waals surface area contributed by atoms with Crippen LogP contribution in [0.25, 0.3) is 16.6 Å². The maximum Gasteiger partial charge on any atom is 0.255 e. The number of hydrogen-bond donors (Lipinski definition) is 3. The van der Waals surface area contributed by atoms with E-state index in [0.717, 1.165) is 41.2 Å². The first kappa shape index (κ1) is 17.1. The number of aliphatic hydroxyl groups excluding tert-OH is 1. The Balaban J connectivity index is 1.96. The predicted molar refractivity (Wildman–Crippen MR) is 98.4 cm³/mol. The molecule has 130 valence electrons. The lowest BCUT2D eigenvalue weighted by Crippen LogP contribution is -2.38. The van der Waals surface area contributed by atoms with E-state index in [-0.39, 0.29) is 18.6 Å². The van der Waals surface area contributed by atoms with Crippen molar-refractivity contribution in [3.05, 3.63) is 47.8 Å². The average molecular weight is 338 g/mol. The number of carbonyl (C=O) groups is 1. The van der Waals surface area contributed by atoms with Crippen LogP contribution in [0.15, 0.2) is 42.3 Å². The summed E-state index contributed by atoms with van der Waals surface area (Å²) in [6.07, 6.45) is 9.99.